The average molecular weight is 321 g/mol. The van der Waals surface area contributed by atoms with Crippen molar-refractivity contribution < 1.29 is 19.8 Å². The highest BCUT2D eigenvalue weighted by molar-refractivity contribution is 14.1. The van der Waals surface area contributed by atoms with Crippen LogP contribution in [0.5, 0.6) is 5.75 Å². The van der Waals surface area contributed by atoms with Crippen LogP contribution in [-0.2, 0) is 4.79 Å². The van der Waals surface area contributed by atoms with Crippen molar-refractivity contribution in [1.82, 2.24) is 0 Å². The highest BCUT2D eigenvalue weighted by Gasteiger charge is 2.12. The van der Waals surface area contributed by atoms with Gasteiger partial charge in [0.15, 0.2) is 0 Å². The highest BCUT2D eigenvalue weighted by Crippen LogP contribution is 2.29. The van der Waals surface area contributed by atoms with Gasteiger partial charge in [-0.05, 0) is 34.7 Å². The van der Waals surface area contributed by atoms with Crippen LogP contribution in [-0.4, -0.2) is 22.1 Å². The van der Waals surface area contributed by atoms with Gasteiger partial charge in [0.2, 0.25) is 5.91 Å². The minimum Gasteiger partial charge on any atom is -0.507 e. The SMILES string of the molecule is CC(=O)Nc1cc(C(=O)O)cc(O)c1I. The zero-order valence-corrected chi connectivity index (χ0v) is 9.90. The van der Waals surface area contributed by atoms with Crippen molar-refractivity contribution in [1.29, 1.82) is 0 Å². The summed E-state index contributed by atoms with van der Waals surface area (Å²) in [6, 6.07) is 2.43. The highest BCUT2D eigenvalue weighted by atomic mass is 127. The van der Waals surface area contributed by atoms with Crippen LogP contribution in [0.3, 0.4) is 0 Å². The molecule has 0 heterocycles. The van der Waals surface area contributed by atoms with Crippen molar-refractivity contribution in [2.45, 2.75) is 6.92 Å². The second-order valence-electron chi connectivity index (χ2n) is 2.84. The fourth-order valence-electron chi connectivity index (χ4n) is 1.01. The topological polar surface area (TPSA) is 86.6 Å². The molecule has 1 amide bonds. The molecule has 0 fully saturated rings. The first-order valence-corrected chi connectivity index (χ1v) is 5.03. The number of benzene rings is 1. The third kappa shape index (κ3) is 2.82. The molecule has 0 aromatic heterocycles. The van der Waals surface area contributed by atoms with Crippen LogP contribution in [0.4, 0.5) is 5.69 Å². The molecule has 0 radical (unpaired) electrons. The molecule has 15 heavy (non-hydrogen) atoms. The number of phenolic OH excluding ortho intramolecular Hbond substituents is 1. The number of nitrogens with one attached hydrogen (secondary N) is 1. The standard InChI is InChI=1S/C9H8INO4/c1-4(12)11-6-2-5(9(14)15)3-7(13)8(6)10/h2-3,13H,1H3,(H,11,12)(H,14,15). The van der Waals surface area contributed by atoms with Gasteiger partial charge < -0.3 is 15.5 Å². The van der Waals surface area contributed by atoms with E-state index in [1.807, 2.05) is 22.6 Å². The van der Waals surface area contributed by atoms with Gasteiger partial charge in [-0.3, -0.25) is 4.79 Å². The van der Waals surface area contributed by atoms with Gasteiger partial charge in [-0.15, -0.1) is 0 Å². The number of aromatic carboxylic acids is 1. The lowest BCUT2D eigenvalue weighted by Gasteiger charge is -2.08. The Labute approximate surface area is 99.2 Å². The van der Waals surface area contributed by atoms with E-state index in [1.54, 1.807) is 0 Å². The maximum absolute atomic E-state index is 10.8. The van der Waals surface area contributed by atoms with Crippen molar-refractivity contribution in [3.63, 3.8) is 0 Å². The zero-order valence-electron chi connectivity index (χ0n) is 7.74. The number of phenols is 1. The molecule has 6 heteroatoms. The Morgan fingerprint density at radius 2 is 2.00 bits per heavy atom. The normalized spacial score (nSPS) is 9.73. The van der Waals surface area contributed by atoms with E-state index in [2.05, 4.69) is 5.32 Å². The minimum absolute atomic E-state index is 0.0725. The number of carboxylic acid groups (broad SMARTS) is 1. The summed E-state index contributed by atoms with van der Waals surface area (Å²) < 4.78 is 0.410. The summed E-state index contributed by atoms with van der Waals surface area (Å²) in [7, 11) is 0. The van der Waals surface area contributed by atoms with Crippen LogP contribution in [0.1, 0.15) is 17.3 Å². The Hall–Kier alpha value is -1.31. The number of aromatic hydroxyl groups is 1. The van der Waals surface area contributed by atoms with Gasteiger partial charge in [-0.25, -0.2) is 4.79 Å². The van der Waals surface area contributed by atoms with E-state index in [0.29, 0.717) is 9.26 Å². The molecule has 0 unspecified atom stereocenters. The predicted molar refractivity (Wildman–Crippen MR) is 62.1 cm³/mol. The molecular weight excluding hydrogens is 313 g/mol. The van der Waals surface area contributed by atoms with Gasteiger partial charge in [0, 0.05) is 6.92 Å². The first-order valence-electron chi connectivity index (χ1n) is 3.95. The van der Waals surface area contributed by atoms with Crippen molar-refractivity contribution in [2.75, 3.05) is 5.32 Å². The van der Waals surface area contributed by atoms with Gasteiger partial charge >= 0.3 is 5.97 Å². The van der Waals surface area contributed by atoms with Crippen LogP contribution in [0.25, 0.3) is 0 Å². The maximum Gasteiger partial charge on any atom is 0.335 e. The van der Waals surface area contributed by atoms with E-state index in [4.69, 9.17) is 5.11 Å². The summed E-state index contributed by atoms with van der Waals surface area (Å²) in [4.78, 5) is 21.5. The van der Waals surface area contributed by atoms with E-state index < -0.39 is 5.97 Å². The lowest BCUT2D eigenvalue weighted by Crippen LogP contribution is -2.08. The molecule has 3 N–H and O–H groups in total. The largest absolute Gasteiger partial charge is 0.507 e. The molecule has 0 spiro atoms. The van der Waals surface area contributed by atoms with Gasteiger partial charge in [0.05, 0.1) is 14.8 Å². The molecule has 0 saturated carbocycles. The monoisotopic (exact) mass is 321 g/mol. The van der Waals surface area contributed by atoms with Crippen LogP contribution in [0.15, 0.2) is 12.1 Å². The Balaban J connectivity index is 3.24. The van der Waals surface area contributed by atoms with Gasteiger partial charge in [0.1, 0.15) is 5.75 Å². The second-order valence-corrected chi connectivity index (χ2v) is 3.92. The van der Waals surface area contributed by atoms with E-state index in [1.165, 1.54) is 13.0 Å². The molecule has 0 aliphatic rings. The summed E-state index contributed by atoms with van der Waals surface area (Å²) in [5, 5.41) is 20.6. The van der Waals surface area contributed by atoms with Crippen LogP contribution in [0.2, 0.25) is 0 Å². The summed E-state index contributed by atoms with van der Waals surface area (Å²) in [6.45, 7) is 1.31. The van der Waals surface area contributed by atoms with Gasteiger partial charge in [-0.2, -0.15) is 0 Å². The number of amides is 1. The van der Waals surface area contributed by atoms with Crippen molar-refractivity contribution >= 4 is 40.2 Å². The van der Waals surface area contributed by atoms with Crippen molar-refractivity contribution in [3.8, 4) is 5.75 Å². The Morgan fingerprint density at radius 3 is 2.47 bits per heavy atom. The summed E-state index contributed by atoms with van der Waals surface area (Å²) in [5.41, 5.74) is 0.220. The fraction of sp³-hybridized carbons (Fsp3) is 0.111. The summed E-state index contributed by atoms with van der Waals surface area (Å²) >= 11 is 1.82. The van der Waals surface area contributed by atoms with E-state index >= 15 is 0 Å². The number of anilines is 1. The number of rotatable bonds is 2. The van der Waals surface area contributed by atoms with E-state index in [9.17, 15) is 14.7 Å². The molecule has 0 atom stereocenters. The zero-order chi connectivity index (χ0) is 11.6. The summed E-state index contributed by atoms with van der Waals surface area (Å²) in [6.07, 6.45) is 0. The molecule has 0 bridgehead atoms. The van der Waals surface area contributed by atoms with Gasteiger partial charge in [0.25, 0.3) is 0 Å². The van der Waals surface area contributed by atoms with Crippen LogP contribution in [0, 0.1) is 3.57 Å². The number of carboxylic acids is 1. The second kappa shape index (κ2) is 4.47. The molecule has 1 rings (SSSR count). The number of hydrogen-bond donors (Lipinski definition) is 3. The minimum atomic E-state index is -1.16. The fourth-order valence-corrected chi connectivity index (χ4v) is 1.46. The maximum atomic E-state index is 10.8. The molecule has 0 aliphatic carbocycles. The molecule has 80 valence electrons. The van der Waals surface area contributed by atoms with Crippen LogP contribution < -0.4 is 5.32 Å². The first kappa shape index (κ1) is 11.8. The smallest absolute Gasteiger partial charge is 0.335 e. The lowest BCUT2D eigenvalue weighted by atomic mass is 10.2. The molecule has 1 aromatic rings. The van der Waals surface area contributed by atoms with Crippen molar-refractivity contribution in [3.05, 3.63) is 21.3 Å². The number of carbonyl (C=O) groups is 2. The Bertz CT molecular complexity index is 430. The number of carbonyl (C=O) groups excluding carboxylic acids is 1. The predicted octanol–water partition coefficient (Wildman–Crippen LogP) is 1.65. The molecule has 1 aromatic carbocycles. The average Bonchev–Trinajstić information content (AvgIpc) is 2.11. The molecule has 0 saturated heterocycles. The van der Waals surface area contributed by atoms with Crippen molar-refractivity contribution in [2.24, 2.45) is 0 Å². The van der Waals surface area contributed by atoms with E-state index in [-0.39, 0.29) is 17.2 Å². The van der Waals surface area contributed by atoms with Gasteiger partial charge in [-0.1, -0.05) is 0 Å². The number of hydrogen-bond acceptors (Lipinski definition) is 3. The Morgan fingerprint density at radius 1 is 1.40 bits per heavy atom. The third-order valence-corrected chi connectivity index (χ3v) is 2.74. The van der Waals surface area contributed by atoms with Crippen LogP contribution >= 0.6 is 22.6 Å². The number of halogens is 1. The summed E-state index contributed by atoms with van der Waals surface area (Å²) in [5.74, 6) is -1.65. The molecular formula is C9H8INO4. The quantitative estimate of drug-likeness (QED) is 0.723. The third-order valence-electron chi connectivity index (χ3n) is 1.61. The molecule has 0 aliphatic heterocycles. The molecule has 5 nitrogen and oxygen atoms in total. The Kier molecular flexibility index (Phi) is 3.51. The first-order chi connectivity index (χ1) is 6.91. The van der Waals surface area contributed by atoms with E-state index in [0.717, 1.165) is 6.07 Å². The lowest BCUT2D eigenvalue weighted by molar-refractivity contribution is -0.114.